The molecule has 1 aliphatic rings. The van der Waals surface area contributed by atoms with E-state index in [-0.39, 0.29) is 5.91 Å². The number of hydrogen-bond acceptors (Lipinski definition) is 2. The zero-order valence-electron chi connectivity index (χ0n) is 9.05. The van der Waals surface area contributed by atoms with Gasteiger partial charge in [-0.25, -0.2) is 0 Å². The van der Waals surface area contributed by atoms with Crippen LogP contribution in [0, 0.1) is 0 Å². The predicted octanol–water partition coefficient (Wildman–Crippen LogP) is 2.09. The molecule has 17 heavy (non-hydrogen) atoms. The number of aliphatic hydroxyl groups is 1. The Morgan fingerprint density at radius 3 is 2.53 bits per heavy atom. The summed E-state index contributed by atoms with van der Waals surface area (Å²) in [6.45, 7) is 0. The Bertz CT molecular complexity index is 578. The van der Waals surface area contributed by atoms with E-state index in [0.29, 0.717) is 11.1 Å². The van der Waals surface area contributed by atoms with E-state index >= 15 is 0 Å². The molecule has 1 heterocycles. The lowest BCUT2D eigenvalue weighted by atomic mass is 10.00. The largest absolute Gasteiger partial charge is 0.369 e. The number of benzene rings is 2. The Labute approximate surface area is 98.7 Å². The summed E-state index contributed by atoms with van der Waals surface area (Å²) in [5.74, 6) is -0.216. The van der Waals surface area contributed by atoms with Crippen molar-refractivity contribution in [3.8, 4) is 11.1 Å². The number of fused-ring (bicyclic) bond motifs is 1. The summed E-state index contributed by atoms with van der Waals surface area (Å²) < 4.78 is 0. The van der Waals surface area contributed by atoms with Crippen LogP contribution in [-0.4, -0.2) is 11.0 Å². The van der Waals surface area contributed by atoms with Crippen molar-refractivity contribution in [1.82, 2.24) is 5.32 Å². The van der Waals surface area contributed by atoms with Crippen molar-refractivity contribution in [2.45, 2.75) is 6.23 Å². The fourth-order valence-electron chi connectivity index (χ4n) is 2.09. The molecule has 0 saturated carbocycles. The van der Waals surface area contributed by atoms with Gasteiger partial charge < -0.3 is 10.4 Å². The van der Waals surface area contributed by atoms with Gasteiger partial charge in [-0.15, -0.1) is 0 Å². The van der Waals surface area contributed by atoms with Crippen LogP contribution in [0.1, 0.15) is 22.1 Å². The summed E-state index contributed by atoms with van der Waals surface area (Å²) in [6.07, 6.45) is -0.888. The summed E-state index contributed by atoms with van der Waals surface area (Å²) in [4.78, 5) is 11.5. The molecule has 0 radical (unpaired) electrons. The number of aliphatic hydroxyl groups excluding tert-OH is 1. The van der Waals surface area contributed by atoms with Gasteiger partial charge in [-0.1, -0.05) is 36.4 Å². The number of amides is 1. The summed E-state index contributed by atoms with van der Waals surface area (Å²) in [6, 6.07) is 15.4. The minimum atomic E-state index is -0.888. The lowest BCUT2D eigenvalue weighted by molar-refractivity contribution is 0.0850. The first-order valence-corrected chi connectivity index (χ1v) is 5.44. The molecule has 0 fully saturated rings. The van der Waals surface area contributed by atoms with Gasteiger partial charge in [0.25, 0.3) is 5.91 Å². The molecule has 2 aromatic rings. The zero-order chi connectivity index (χ0) is 11.8. The van der Waals surface area contributed by atoms with Gasteiger partial charge in [0.05, 0.1) is 0 Å². The first-order chi connectivity index (χ1) is 8.25. The lowest BCUT2D eigenvalue weighted by Gasteiger charge is -2.06. The summed E-state index contributed by atoms with van der Waals surface area (Å²) >= 11 is 0. The first kappa shape index (κ1) is 10.1. The van der Waals surface area contributed by atoms with Crippen molar-refractivity contribution in [1.29, 1.82) is 0 Å². The van der Waals surface area contributed by atoms with Crippen LogP contribution in [-0.2, 0) is 0 Å². The van der Waals surface area contributed by atoms with Crippen molar-refractivity contribution in [2.75, 3.05) is 0 Å². The molecule has 1 unspecified atom stereocenters. The molecule has 1 aliphatic heterocycles. The lowest BCUT2D eigenvalue weighted by Crippen LogP contribution is -2.17. The molecule has 2 N–H and O–H groups in total. The van der Waals surface area contributed by atoms with Crippen molar-refractivity contribution in [3.63, 3.8) is 0 Å². The molecule has 3 heteroatoms. The molecule has 0 spiro atoms. The van der Waals surface area contributed by atoms with Gasteiger partial charge in [-0.05, 0) is 23.3 Å². The molecule has 3 nitrogen and oxygen atoms in total. The quantitative estimate of drug-likeness (QED) is 0.780. The summed E-state index contributed by atoms with van der Waals surface area (Å²) in [7, 11) is 0. The third-order valence-corrected chi connectivity index (χ3v) is 2.97. The molecule has 2 aromatic carbocycles. The molecule has 1 amide bonds. The third kappa shape index (κ3) is 1.61. The van der Waals surface area contributed by atoms with E-state index in [0.717, 1.165) is 11.1 Å². The number of rotatable bonds is 1. The minimum Gasteiger partial charge on any atom is -0.369 e. The Balaban J connectivity index is 2.11. The standard InChI is InChI=1S/C14H11NO2/c16-13-11-7-6-10(8-12(11)14(17)15-13)9-4-2-1-3-5-9/h1-8,14,17H,(H,15,16). The van der Waals surface area contributed by atoms with Crippen LogP contribution in [0.15, 0.2) is 48.5 Å². The SMILES string of the molecule is O=C1NC(O)c2cc(-c3ccccc3)ccc21. The molecule has 0 saturated heterocycles. The van der Waals surface area contributed by atoms with Crippen molar-refractivity contribution < 1.29 is 9.90 Å². The van der Waals surface area contributed by atoms with E-state index in [9.17, 15) is 9.90 Å². The summed E-state index contributed by atoms with van der Waals surface area (Å²) in [5.41, 5.74) is 3.27. The third-order valence-electron chi connectivity index (χ3n) is 2.97. The maximum absolute atomic E-state index is 11.5. The van der Waals surface area contributed by atoms with Gasteiger partial charge in [-0.2, -0.15) is 0 Å². The van der Waals surface area contributed by atoms with E-state index in [1.165, 1.54) is 0 Å². The highest BCUT2D eigenvalue weighted by atomic mass is 16.3. The van der Waals surface area contributed by atoms with Gasteiger partial charge in [0, 0.05) is 11.1 Å². The van der Waals surface area contributed by atoms with Crippen molar-refractivity contribution >= 4 is 5.91 Å². The molecule has 0 aromatic heterocycles. The van der Waals surface area contributed by atoms with E-state index in [2.05, 4.69) is 5.32 Å². The predicted molar refractivity (Wildman–Crippen MR) is 64.3 cm³/mol. The molecule has 1 atom stereocenters. The summed E-state index contributed by atoms with van der Waals surface area (Å²) in [5, 5.41) is 12.2. The number of hydrogen-bond donors (Lipinski definition) is 2. The van der Waals surface area contributed by atoms with Crippen molar-refractivity contribution in [3.05, 3.63) is 59.7 Å². The second-order valence-corrected chi connectivity index (χ2v) is 4.04. The van der Waals surface area contributed by atoms with E-state index in [1.807, 2.05) is 42.5 Å². The highest BCUT2D eigenvalue weighted by Gasteiger charge is 2.26. The molecular weight excluding hydrogens is 214 g/mol. The van der Waals surface area contributed by atoms with Gasteiger partial charge in [-0.3, -0.25) is 4.79 Å². The van der Waals surface area contributed by atoms with E-state index < -0.39 is 6.23 Å². The number of carbonyl (C=O) groups is 1. The molecule has 0 aliphatic carbocycles. The van der Waals surface area contributed by atoms with Gasteiger partial charge >= 0.3 is 0 Å². The Kier molecular flexibility index (Phi) is 2.20. The minimum absolute atomic E-state index is 0.216. The van der Waals surface area contributed by atoms with Gasteiger partial charge in [0.15, 0.2) is 6.23 Å². The highest BCUT2D eigenvalue weighted by molar-refractivity contribution is 5.99. The maximum atomic E-state index is 11.5. The molecule has 84 valence electrons. The number of carbonyl (C=O) groups excluding carboxylic acids is 1. The fraction of sp³-hybridized carbons (Fsp3) is 0.0714. The highest BCUT2D eigenvalue weighted by Crippen LogP contribution is 2.28. The van der Waals surface area contributed by atoms with Crippen LogP contribution in [0.4, 0.5) is 0 Å². The van der Waals surface area contributed by atoms with E-state index in [1.54, 1.807) is 6.07 Å². The molecular formula is C14H11NO2. The Hall–Kier alpha value is -2.13. The second-order valence-electron chi connectivity index (χ2n) is 4.04. The Morgan fingerprint density at radius 1 is 1.00 bits per heavy atom. The van der Waals surface area contributed by atoms with Crippen LogP contribution in [0.5, 0.6) is 0 Å². The zero-order valence-corrected chi connectivity index (χ0v) is 9.05. The Morgan fingerprint density at radius 2 is 1.76 bits per heavy atom. The van der Waals surface area contributed by atoms with Crippen LogP contribution < -0.4 is 5.32 Å². The second kappa shape index (κ2) is 3.71. The van der Waals surface area contributed by atoms with Crippen LogP contribution in [0.25, 0.3) is 11.1 Å². The molecule has 0 bridgehead atoms. The monoisotopic (exact) mass is 225 g/mol. The fourth-order valence-corrected chi connectivity index (χ4v) is 2.09. The topological polar surface area (TPSA) is 49.3 Å². The van der Waals surface area contributed by atoms with Crippen molar-refractivity contribution in [2.24, 2.45) is 0 Å². The smallest absolute Gasteiger partial charge is 0.253 e. The average molecular weight is 225 g/mol. The van der Waals surface area contributed by atoms with Gasteiger partial charge in [0.2, 0.25) is 0 Å². The van der Waals surface area contributed by atoms with Gasteiger partial charge in [0.1, 0.15) is 0 Å². The first-order valence-electron chi connectivity index (χ1n) is 5.44. The average Bonchev–Trinajstić information content (AvgIpc) is 2.66. The maximum Gasteiger partial charge on any atom is 0.253 e. The normalized spacial score (nSPS) is 17.7. The number of nitrogens with one attached hydrogen (secondary N) is 1. The van der Waals surface area contributed by atoms with Crippen LogP contribution >= 0.6 is 0 Å². The van der Waals surface area contributed by atoms with Crippen LogP contribution in [0.2, 0.25) is 0 Å². The van der Waals surface area contributed by atoms with Crippen LogP contribution in [0.3, 0.4) is 0 Å². The molecule has 3 rings (SSSR count). The van der Waals surface area contributed by atoms with E-state index in [4.69, 9.17) is 0 Å².